The van der Waals surface area contributed by atoms with Gasteiger partial charge >= 0.3 is 0 Å². The molecular formula is C15H22BrN. The van der Waals surface area contributed by atoms with Crippen LogP contribution in [0.15, 0.2) is 28.2 Å². The van der Waals surface area contributed by atoms with E-state index in [1.54, 1.807) is 0 Å². The molecule has 1 nitrogen and oxygen atoms in total. The lowest BCUT2D eigenvalue weighted by Crippen LogP contribution is -2.27. The largest absolute Gasteiger partial charge is 0.311 e. The van der Waals surface area contributed by atoms with Crippen LogP contribution in [0.1, 0.15) is 38.3 Å². The molecule has 17 heavy (non-hydrogen) atoms. The first-order valence-electron chi connectivity index (χ1n) is 6.22. The first-order valence-corrected chi connectivity index (χ1v) is 7.01. The van der Waals surface area contributed by atoms with E-state index in [9.17, 15) is 0 Å². The van der Waals surface area contributed by atoms with E-state index in [0.29, 0.717) is 6.04 Å². The standard InChI is InChI=1S/C15H22BrN/c1-5-8-17-13(4)12(3)10-14-7-6-11(2)9-15(14)16/h6-7,9-10,13,17H,5,8H2,1-4H3/b12-10+. The van der Waals surface area contributed by atoms with Crippen molar-refractivity contribution in [2.75, 3.05) is 6.54 Å². The van der Waals surface area contributed by atoms with Gasteiger partial charge in [0.05, 0.1) is 0 Å². The monoisotopic (exact) mass is 295 g/mol. The molecule has 0 heterocycles. The Balaban J connectivity index is 2.79. The van der Waals surface area contributed by atoms with E-state index < -0.39 is 0 Å². The van der Waals surface area contributed by atoms with Crippen molar-refractivity contribution in [2.45, 2.75) is 40.2 Å². The minimum Gasteiger partial charge on any atom is -0.311 e. The van der Waals surface area contributed by atoms with Gasteiger partial charge in [-0.1, -0.05) is 46.6 Å². The number of aryl methyl sites for hydroxylation is 1. The van der Waals surface area contributed by atoms with Crippen LogP contribution < -0.4 is 5.32 Å². The highest BCUT2D eigenvalue weighted by molar-refractivity contribution is 9.10. The smallest absolute Gasteiger partial charge is 0.0251 e. The summed E-state index contributed by atoms with van der Waals surface area (Å²) in [7, 11) is 0. The number of rotatable bonds is 5. The fourth-order valence-corrected chi connectivity index (χ4v) is 2.25. The van der Waals surface area contributed by atoms with Crippen LogP contribution in [0.3, 0.4) is 0 Å². The maximum Gasteiger partial charge on any atom is 0.0251 e. The quantitative estimate of drug-likeness (QED) is 0.840. The summed E-state index contributed by atoms with van der Waals surface area (Å²) in [5.74, 6) is 0. The van der Waals surface area contributed by atoms with Crippen LogP contribution in [0.2, 0.25) is 0 Å². The zero-order valence-corrected chi connectivity index (χ0v) is 12.8. The number of hydrogen-bond donors (Lipinski definition) is 1. The summed E-state index contributed by atoms with van der Waals surface area (Å²) in [6.07, 6.45) is 3.42. The van der Waals surface area contributed by atoms with Gasteiger partial charge in [0.2, 0.25) is 0 Å². The second-order valence-electron chi connectivity index (χ2n) is 4.59. The van der Waals surface area contributed by atoms with Gasteiger partial charge in [0.25, 0.3) is 0 Å². The molecule has 2 heteroatoms. The van der Waals surface area contributed by atoms with E-state index in [1.165, 1.54) is 27.6 Å². The zero-order valence-electron chi connectivity index (χ0n) is 11.2. The molecule has 0 fully saturated rings. The molecule has 94 valence electrons. The highest BCUT2D eigenvalue weighted by Crippen LogP contribution is 2.21. The van der Waals surface area contributed by atoms with Crippen molar-refractivity contribution in [3.05, 3.63) is 39.4 Å². The normalized spacial score (nSPS) is 13.8. The maximum atomic E-state index is 3.61. The highest BCUT2D eigenvalue weighted by atomic mass is 79.9. The zero-order chi connectivity index (χ0) is 12.8. The lowest BCUT2D eigenvalue weighted by atomic mass is 10.1. The van der Waals surface area contributed by atoms with Crippen molar-refractivity contribution in [1.29, 1.82) is 0 Å². The van der Waals surface area contributed by atoms with E-state index >= 15 is 0 Å². The molecule has 0 aliphatic rings. The topological polar surface area (TPSA) is 12.0 Å². The molecule has 1 N–H and O–H groups in total. The average molecular weight is 296 g/mol. The molecule has 1 rings (SSSR count). The Kier molecular flexibility index (Phi) is 5.93. The van der Waals surface area contributed by atoms with Crippen molar-refractivity contribution in [1.82, 2.24) is 5.32 Å². The fourth-order valence-electron chi connectivity index (χ4n) is 1.64. The summed E-state index contributed by atoms with van der Waals surface area (Å²) in [5.41, 5.74) is 3.89. The summed E-state index contributed by atoms with van der Waals surface area (Å²) >= 11 is 3.61. The van der Waals surface area contributed by atoms with Crippen LogP contribution in [-0.4, -0.2) is 12.6 Å². The Labute approximate surface area is 113 Å². The molecule has 0 aromatic heterocycles. The third kappa shape index (κ3) is 4.64. The van der Waals surface area contributed by atoms with Crippen molar-refractivity contribution in [2.24, 2.45) is 0 Å². The number of nitrogens with one attached hydrogen (secondary N) is 1. The lowest BCUT2D eigenvalue weighted by molar-refractivity contribution is 0.604. The summed E-state index contributed by atoms with van der Waals surface area (Å²) in [5, 5.41) is 3.50. The third-order valence-corrected chi connectivity index (χ3v) is 3.61. The van der Waals surface area contributed by atoms with E-state index in [4.69, 9.17) is 0 Å². The number of benzene rings is 1. The second kappa shape index (κ2) is 6.97. The van der Waals surface area contributed by atoms with Crippen molar-refractivity contribution in [3.63, 3.8) is 0 Å². The number of hydrogen-bond acceptors (Lipinski definition) is 1. The van der Waals surface area contributed by atoms with Gasteiger partial charge in [-0.2, -0.15) is 0 Å². The van der Waals surface area contributed by atoms with Crippen molar-refractivity contribution >= 4 is 22.0 Å². The summed E-state index contributed by atoms with van der Waals surface area (Å²) in [4.78, 5) is 0. The second-order valence-corrected chi connectivity index (χ2v) is 5.44. The van der Waals surface area contributed by atoms with Crippen LogP contribution in [0.4, 0.5) is 0 Å². The molecule has 0 aliphatic carbocycles. The molecule has 0 saturated carbocycles. The molecule has 0 radical (unpaired) electrons. The molecule has 1 aromatic rings. The Morgan fingerprint density at radius 1 is 1.47 bits per heavy atom. The Morgan fingerprint density at radius 2 is 2.18 bits per heavy atom. The molecule has 1 aromatic carbocycles. The van der Waals surface area contributed by atoms with Gasteiger partial charge < -0.3 is 5.32 Å². The van der Waals surface area contributed by atoms with Gasteiger partial charge in [-0.05, 0) is 50.9 Å². The molecule has 0 amide bonds. The van der Waals surface area contributed by atoms with E-state index in [2.05, 4.69) is 73.2 Å². The molecule has 0 bridgehead atoms. The van der Waals surface area contributed by atoms with Crippen molar-refractivity contribution < 1.29 is 0 Å². The predicted molar refractivity (Wildman–Crippen MR) is 80.3 cm³/mol. The van der Waals surface area contributed by atoms with Crippen LogP contribution >= 0.6 is 15.9 Å². The predicted octanol–water partition coefficient (Wildman–Crippen LogP) is 4.55. The van der Waals surface area contributed by atoms with Crippen LogP contribution in [0, 0.1) is 6.92 Å². The minimum atomic E-state index is 0.433. The molecular weight excluding hydrogens is 274 g/mol. The van der Waals surface area contributed by atoms with Crippen LogP contribution in [0.5, 0.6) is 0 Å². The van der Waals surface area contributed by atoms with Gasteiger partial charge in [0, 0.05) is 10.5 Å². The minimum absolute atomic E-state index is 0.433. The Hall–Kier alpha value is -0.600. The number of halogens is 1. The Bertz CT molecular complexity index is 396. The van der Waals surface area contributed by atoms with E-state index in [0.717, 1.165) is 6.54 Å². The third-order valence-electron chi connectivity index (χ3n) is 2.92. The van der Waals surface area contributed by atoms with Crippen LogP contribution in [-0.2, 0) is 0 Å². The average Bonchev–Trinajstić information content (AvgIpc) is 2.29. The summed E-state index contributed by atoms with van der Waals surface area (Å²) in [6, 6.07) is 6.90. The fraction of sp³-hybridized carbons (Fsp3) is 0.467. The van der Waals surface area contributed by atoms with Gasteiger partial charge in [-0.25, -0.2) is 0 Å². The van der Waals surface area contributed by atoms with Gasteiger partial charge in [-0.15, -0.1) is 0 Å². The first-order chi connectivity index (χ1) is 8.04. The molecule has 0 aliphatic heterocycles. The van der Waals surface area contributed by atoms with E-state index in [1.807, 2.05) is 0 Å². The van der Waals surface area contributed by atoms with E-state index in [-0.39, 0.29) is 0 Å². The highest BCUT2D eigenvalue weighted by Gasteiger charge is 2.04. The van der Waals surface area contributed by atoms with Gasteiger partial charge in [0.1, 0.15) is 0 Å². The van der Waals surface area contributed by atoms with Gasteiger partial charge in [0.15, 0.2) is 0 Å². The Morgan fingerprint density at radius 3 is 2.76 bits per heavy atom. The molecule has 0 saturated heterocycles. The first kappa shape index (κ1) is 14.5. The maximum absolute atomic E-state index is 3.61. The van der Waals surface area contributed by atoms with Crippen LogP contribution in [0.25, 0.3) is 6.08 Å². The summed E-state index contributed by atoms with van der Waals surface area (Å²) < 4.78 is 1.17. The summed E-state index contributed by atoms with van der Waals surface area (Å²) in [6.45, 7) is 9.76. The molecule has 1 unspecified atom stereocenters. The van der Waals surface area contributed by atoms with Gasteiger partial charge in [-0.3, -0.25) is 0 Å². The molecule has 0 spiro atoms. The SMILES string of the molecule is CCCNC(C)/C(C)=C/c1ccc(C)cc1Br. The van der Waals surface area contributed by atoms with Crippen molar-refractivity contribution in [3.8, 4) is 0 Å². The molecule has 1 atom stereocenters. The lowest BCUT2D eigenvalue weighted by Gasteiger charge is -2.14.